The van der Waals surface area contributed by atoms with E-state index in [0.29, 0.717) is 17.4 Å². The molecule has 0 bridgehead atoms. The van der Waals surface area contributed by atoms with Crippen molar-refractivity contribution < 1.29 is 18.8 Å². The Morgan fingerprint density at radius 3 is 2.89 bits per heavy atom. The molecule has 0 saturated heterocycles. The molecule has 0 unspecified atom stereocenters. The molecule has 4 rings (SSSR count). The number of nitrogen functional groups attached to an aromatic ring is 1. The third kappa shape index (κ3) is 3.21. The number of rotatable bonds is 5. The van der Waals surface area contributed by atoms with Gasteiger partial charge in [-0.15, -0.1) is 0 Å². The van der Waals surface area contributed by atoms with Gasteiger partial charge in [-0.25, -0.2) is 4.57 Å². The number of furan rings is 1. The fourth-order valence-corrected chi connectivity index (χ4v) is 3.47. The highest BCUT2D eigenvalue weighted by atomic mass is 16.5. The molecule has 1 aromatic carbocycles. The molecule has 0 fully saturated rings. The average Bonchev–Trinajstić information content (AvgIpc) is 3.16. The Morgan fingerprint density at radius 2 is 2.15 bits per heavy atom. The Bertz CT molecular complexity index is 954. The summed E-state index contributed by atoms with van der Waals surface area (Å²) < 4.78 is 13.6. The number of phenols is 1. The predicted octanol–water partition coefficient (Wildman–Crippen LogP) is 2.49. The number of benzene rings is 1. The second-order valence-corrected chi connectivity index (χ2v) is 6.97. The van der Waals surface area contributed by atoms with E-state index >= 15 is 0 Å². The summed E-state index contributed by atoms with van der Waals surface area (Å²) in [7, 11) is 4.10. The molecule has 1 atom stereocenters. The third-order valence-electron chi connectivity index (χ3n) is 4.77. The van der Waals surface area contributed by atoms with Crippen LogP contribution in [0.1, 0.15) is 29.2 Å². The Labute approximate surface area is 157 Å². The number of aromatic nitrogens is 2. The molecule has 0 radical (unpaired) electrons. The maximum Gasteiger partial charge on any atom is 0.306 e. The standard InChI is InChI=1S/C20H22N4O3/c1-23(2)8-4-9-24-12-22-20-18(19(24)21)17(15-5-3-10-26-15)14-7-6-13(25)11-16(14)27-20/h3,5-7,10-12,17,21,25H,4,8-9H2,1-2H3/p+1/t17-/m0/s1. The number of aromatic hydroxyl groups is 1. The van der Waals surface area contributed by atoms with Gasteiger partial charge < -0.3 is 24.9 Å². The van der Waals surface area contributed by atoms with Crippen LogP contribution in [-0.4, -0.2) is 35.6 Å². The quantitative estimate of drug-likeness (QED) is 0.527. The minimum Gasteiger partial charge on any atom is -0.508 e. The van der Waals surface area contributed by atoms with Crippen molar-refractivity contribution in [1.29, 1.82) is 0 Å². The van der Waals surface area contributed by atoms with Crippen LogP contribution in [-0.2, 0) is 6.54 Å². The van der Waals surface area contributed by atoms with Gasteiger partial charge in [-0.1, -0.05) is 11.1 Å². The number of nitrogens with two attached hydrogens (primary N) is 1. The molecule has 27 heavy (non-hydrogen) atoms. The van der Waals surface area contributed by atoms with Crippen LogP contribution in [0, 0.1) is 0 Å². The van der Waals surface area contributed by atoms with Crippen molar-refractivity contribution in [3.05, 3.63) is 59.8 Å². The molecule has 3 aromatic rings. The molecule has 0 aliphatic carbocycles. The number of hydrogen-bond donors (Lipinski definition) is 2. The first-order valence-corrected chi connectivity index (χ1v) is 8.91. The maximum absolute atomic E-state index is 9.84. The first-order valence-electron chi connectivity index (χ1n) is 8.91. The van der Waals surface area contributed by atoms with Crippen LogP contribution in [0.15, 0.2) is 47.3 Å². The van der Waals surface area contributed by atoms with Crippen LogP contribution in [0.25, 0.3) is 0 Å². The van der Waals surface area contributed by atoms with E-state index in [4.69, 9.17) is 14.9 Å². The van der Waals surface area contributed by atoms with Crippen LogP contribution in [0.2, 0.25) is 0 Å². The van der Waals surface area contributed by atoms with E-state index < -0.39 is 0 Å². The highest BCUT2D eigenvalue weighted by Crippen LogP contribution is 2.48. The molecule has 0 amide bonds. The third-order valence-corrected chi connectivity index (χ3v) is 4.77. The number of fused-ring (bicyclic) bond motifs is 2. The van der Waals surface area contributed by atoms with Crippen molar-refractivity contribution >= 4 is 5.82 Å². The summed E-state index contributed by atoms with van der Waals surface area (Å²) in [4.78, 5) is 6.63. The first kappa shape index (κ1) is 17.4. The van der Waals surface area contributed by atoms with Gasteiger partial charge in [0, 0.05) is 18.2 Å². The second kappa shape index (κ2) is 6.92. The van der Waals surface area contributed by atoms with Gasteiger partial charge in [0.25, 0.3) is 0 Å². The van der Waals surface area contributed by atoms with Gasteiger partial charge in [0.05, 0.1) is 18.7 Å². The molecule has 2 aromatic heterocycles. The first-order chi connectivity index (χ1) is 13.0. The zero-order valence-electron chi connectivity index (χ0n) is 15.4. The van der Waals surface area contributed by atoms with E-state index in [1.807, 2.05) is 36.9 Å². The lowest BCUT2D eigenvalue weighted by atomic mass is 9.87. The normalized spacial score (nSPS) is 15.3. The largest absolute Gasteiger partial charge is 0.508 e. The van der Waals surface area contributed by atoms with Crippen LogP contribution < -0.4 is 15.0 Å². The predicted molar refractivity (Wildman–Crippen MR) is 99.8 cm³/mol. The van der Waals surface area contributed by atoms with E-state index in [9.17, 15) is 5.11 Å². The molecule has 7 nitrogen and oxygen atoms in total. The van der Waals surface area contributed by atoms with E-state index in [2.05, 4.69) is 9.88 Å². The zero-order chi connectivity index (χ0) is 19.0. The molecular weight excluding hydrogens is 344 g/mol. The SMILES string of the molecule is CN(C)CCC[n+]1cnc2c(c1N)[C@H](c1ccco1)c1ccc(O)cc1O2. The molecule has 0 spiro atoms. The van der Waals surface area contributed by atoms with Gasteiger partial charge in [-0.2, -0.15) is 0 Å². The summed E-state index contributed by atoms with van der Waals surface area (Å²) in [6.45, 7) is 1.72. The van der Waals surface area contributed by atoms with Crippen LogP contribution >= 0.6 is 0 Å². The van der Waals surface area contributed by atoms with Gasteiger partial charge in [0.2, 0.25) is 12.1 Å². The van der Waals surface area contributed by atoms with Crippen molar-refractivity contribution in [2.24, 2.45) is 0 Å². The number of aryl methyl sites for hydroxylation is 1. The lowest BCUT2D eigenvalue weighted by Gasteiger charge is -2.25. The molecular formula is C20H23N4O3+. The Morgan fingerprint density at radius 1 is 1.30 bits per heavy atom. The van der Waals surface area contributed by atoms with E-state index in [0.717, 1.165) is 36.4 Å². The minimum absolute atomic E-state index is 0.137. The monoisotopic (exact) mass is 367 g/mol. The number of nitrogens with zero attached hydrogens (tertiary/aromatic N) is 3. The highest BCUT2D eigenvalue weighted by Gasteiger charge is 2.37. The van der Waals surface area contributed by atoms with Crippen molar-refractivity contribution in [2.45, 2.75) is 18.9 Å². The van der Waals surface area contributed by atoms with Crippen LogP contribution in [0.5, 0.6) is 17.4 Å². The topological polar surface area (TPSA) is 88.6 Å². The molecule has 3 N–H and O–H groups in total. The summed E-state index contributed by atoms with van der Waals surface area (Å²) >= 11 is 0. The van der Waals surface area contributed by atoms with Crippen molar-refractivity contribution in [2.75, 3.05) is 26.4 Å². The lowest BCUT2D eigenvalue weighted by Crippen LogP contribution is -2.40. The summed E-state index contributed by atoms with van der Waals surface area (Å²) in [6, 6.07) is 8.83. The van der Waals surface area contributed by atoms with Gasteiger partial charge >= 0.3 is 5.88 Å². The summed E-state index contributed by atoms with van der Waals surface area (Å²) in [5.41, 5.74) is 8.21. The van der Waals surface area contributed by atoms with E-state index in [1.54, 1.807) is 24.7 Å². The van der Waals surface area contributed by atoms with Gasteiger partial charge in [-0.3, -0.25) is 0 Å². The van der Waals surface area contributed by atoms with Crippen LogP contribution in [0.4, 0.5) is 5.82 Å². The summed E-state index contributed by atoms with van der Waals surface area (Å²) in [6.07, 6.45) is 4.30. The summed E-state index contributed by atoms with van der Waals surface area (Å²) in [5.74, 6) is 2.26. The summed E-state index contributed by atoms with van der Waals surface area (Å²) in [5, 5.41) is 9.84. The number of ether oxygens (including phenoxy) is 1. The Kier molecular flexibility index (Phi) is 4.45. The Hall–Kier alpha value is -3.06. The second-order valence-electron chi connectivity index (χ2n) is 6.97. The van der Waals surface area contributed by atoms with Gasteiger partial charge in [0.1, 0.15) is 22.8 Å². The lowest BCUT2D eigenvalue weighted by molar-refractivity contribution is -0.686. The number of anilines is 1. The van der Waals surface area contributed by atoms with Gasteiger partial charge in [-0.05, 0) is 38.7 Å². The molecule has 140 valence electrons. The highest BCUT2D eigenvalue weighted by molar-refractivity contribution is 5.60. The smallest absolute Gasteiger partial charge is 0.306 e. The Balaban J connectivity index is 1.80. The maximum atomic E-state index is 9.84. The number of phenolic OH excluding ortho intramolecular Hbond substituents is 1. The molecule has 1 aliphatic rings. The molecule has 7 heteroatoms. The molecule has 3 heterocycles. The van der Waals surface area contributed by atoms with Crippen LogP contribution in [0.3, 0.4) is 0 Å². The zero-order valence-corrected chi connectivity index (χ0v) is 15.4. The van der Waals surface area contributed by atoms with Crippen molar-refractivity contribution in [3.8, 4) is 17.4 Å². The van der Waals surface area contributed by atoms with Crippen molar-refractivity contribution in [1.82, 2.24) is 9.88 Å². The number of hydrogen-bond acceptors (Lipinski definition) is 6. The minimum atomic E-state index is -0.242. The molecule has 0 saturated carbocycles. The van der Waals surface area contributed by atoms with Gasteiger partial charge in [0.15, 0.2) is 0 Å². The fourth-order valence-electron chi connectivity index (χ4n) is 3.47. The average molecular weight is 367 g/mol. The molecule has 1 aliphatic heterocycles. The van der Waals surface area contributed by atoms with E-state index in [1.165, 1.54) is 0 Å². The van der Waals surface area contributed by atoms with Crippen molar-refractivity contribution in [3.63, 3.8) is 0 Å². The fraction of sp³-hybridized carbons (Fsp3) is 0.300. The van der Waals surface area contributed by atoms with E-state index in [-0.39, 0.29) is 11.7 Å².